The van der Waals surface area contributed by atoms with Crippen molar-refractivity contribution in [3.8, 4) is 0 Å². The van der Waals surface area contributed by atoms with Crippen LogP contribution in [0.4, 0.5) is 11.4 Å². The SMILES string of the molecule is CCC(CC(=O)Nc1ccc2c(c1)CC(=O)N2)c1ccccc1. The first-order valence-electron chi connectivity index (χ1n) is 7.93. The normalized spacial score (nSPS) is 14.0. The molecule has 0 aromatic heterocycles. The molecule has 0 spiro atoms. The molecule has 2 aromatic carbocycles. The number of fused-ring (bicyclic) bond motifs is 1. The predicted octanol–water partition coefficient (Wildman–Crippen LogP) is 3.70. The molecule has 0 saturated heterocycles. The number of benzene rings is 2. The molecule has 1 unspecified atom stereocenters. The van der Waals surface area contributed by atoms with Crippen molar-refractivity contribution in [2.75, 3.05) is 10.6 Å². The summed E-state index contributed by atoms with van der Waals surface area (Å²) < 4.78 is 0. The van der Waals surface area contributed by atoms with Gasteiger partial charge < -0.3 is 10.6 Å². The van der Waals surface area contributed by atoms with Crippen LogP contribution in [0.1, 0.15) is 36.8 Å². The number of amides is 2. The minimum absolute atomic E-state index is 0.00130. The first-order valence-corrected chi connectivity index (χ1v) is 7.93. The molecule has 0 fully saturated rings. The fraction of sp³-hybridized carbons (Fsp3) is 0.263. The van der Waals surface area contributed by atoms with Crippen LogP contribution in [-0.4, -0.2) is 11.8 Å². The van der Waals surface area contributed by atoms with E-state index in [4.69, 9.17) is 0 Å². The van der Waals surface area contributed by atoms with Gasteiger partial charge in [-0.15, -0.1) is 0 Å². The van der Waals surface area contributed by atoms with Crippen molar-refractivity contribution in [2.24, 2.45) is 0 Å². The number of rotatable bonds is 5. The Kier molecular flexibility index (Phi) is 4.42. The van der Waals surface area contributed by atoms with Crippen LogP contribution in [-0.2, 0) is 16.0 Å². The number of carbonyl (C=O) groups is 2. The predicted molar refractivity (Wildman–Crippen MR) is 91.5 cm³/mol. The van der Waals surface area contributed by atoms with Crippen LogP contribution in [0.5, 0.6) is 0 Å². The molecule has 2 amide bonds. The first-order chi connectivity index (χ1) is 11.2. The summed E-state index contributed by atoms with van der Waals surface area (Å²) in [6.45, 7) is 2.09. The lowest BCUT2D eigenvalue weighted by Gasteiger charge is -2.15. The zero-order valence-electron chi connectivity index (χ0n) is 13.1. The fourth-order valence-corrected chi connectivity index (χ4v) is 2.97. The van der Waals surface area contributed by atoms with Crippen LogP contribution in [0.15, 0.2) is 48.5 Å². The van der Waals surface area contributed by atoms with E-state index in [0.717, 1.165) is 23.4 Å². The van der Waals surface area contributed by atoms with E-state index in [9.17, 15) is 9.59 Å². The zero-order valence-corrected chi connectivity index (χ0v) is 13.1. The summed E-state index contributed by atoms with van der Waals surface area (Å²) in [6, 6.07) is 15.6. The first kappa shape index (κ1) is 15.3. The van der Waals surface area contributed by atoms with Gasteiger partial charge in [0, 0.05) is 17.8 Å². The summed E-state index contributed by atoms with van der Waals surface area (Å²) in [5.41, 5.74) is 3.70. The van der Waals surface area contributed by atoms with Gasteiger partial charge in [0.15, 0.2) is 0 Å². The van der Waals surface area contributed by atoms with Gasteiger partial charge in [-0.3, -0.25) is 9.59 Å². The number of hydrogen-bond donors (Lipinski definition) is 2. The molecular weight excluding hydrogens is 288 g/mol. The summed E-state index contributed by atoms with van der Waals surface area (Å²) >= 11 is 0. The molecule has 1 atom stereocenters. The molecule has 3 rings (SSSR count). The largest absolute Gasteiger partial charge is 0.326 e. The van der Waals surface area contributed by atoms with Crippen molar-refractivity contribution in [3.05, 3.63) is 59.7 Å². The molecule has 118 valence electrons. The maximum Gasteiger partial charge on any atom is 0.228 e. The third-order valence-electron chi connectivity index (χ3n) is 4.21. The maximum atomic E-state index is 12.3. The van der Waals surface area contributed by atoms with E-state index in [2.05, 4.69) is 29.7 Å². The number of nitrogens with one attached hydrogen (secondary N) is 2. The van der Waals surface area contributed by atoms with E-state index in [1.807, 2.05) is 36.4 Å². The van der Waals surface area contributed by atoms with Crippen LogP contribution >= 0.6 is 0 Å². The van der Waals surface area contributed by atoms with Gasteiger partial charge in [0.2, 0.25) is 11.8 Å². The second-order valence-electron chi connectivity index (χ2n) is 5.87. The van der Waals surface area contributed by atoms with Crippen molar-refractivity contribution >= 4 is 23.2 Å². The van der Waals surface area contributed by atoms with Gasteiger partial charge in [-0.2, -0.15) is 0 Å². The molecule has 0 radical (unpaired) electrons. The van der Waals surface area contributed by atoms with E-state index in [1.165, 1.54) is 5.56 Å². The highest BCUT2D eigenvalue weighted by molar-refractivity contribution is 6.00. The fourth-order valence-electron chi connectivity index (χ4n) is 2.97. The maximum absolute atomic E-state index is 12.3. The van der Waals surface area contributed by atoms with Gasteiger partial charge in [-0.05, 0) is 41.7 Å². The Bertz CT molecular complexity index is 725. The third-order valence-corrected chi connectivity index (χ3v) is 4.21. The zero-order chi connectivity index (χ0) is 16.2. The third kappa shape index (κ3) is 3.59. The van der Waals surface area contributed by atoms with Crippen LogP contribution < -0.4 is 10.6 Å². The van der Waals surface area contributed by atoms with Crippen LogP contribution in [0.3, 0.4) is 0 Å². The summed E-state index contributed by atoms with van der Waals surface area (Å²) in [5, 5.41) is 5.73. The monoisotopic (exact) mass is 308 g/mol. The van der Waals surface area contributed by atoms with E-state index in [-0.39, 0.29) is 17.7 Å². The molecule has 0 saturated carbocycles. The lowest BCUT2D eigenvalue weighted by atomic mass is 9.93. The number of carbonyl (C=O) groups excluding carboxylic acids is 2. The minimum atomic E-state index is -0.00191. The molecule has 23 heavy (non-hydrogen) atoms. The molecule has 1 aliphatic rings. The Morgan fingerprint density at radius 3 is 2.74 bits per heavy atom. The summed E-state index contributed by atoms with van der Waals surface area (Å²) in [4.78, 5) is 23.7. The molecule has 0 aliphatic carbocycles. The summed E-state index contributed by atoms with van der Waals surface area (Å²) in [6.07, 6.45) is 1.75. The number of anilines is 2. The van der Waals surface area contributed by atoms with E-state index in [0.29, 0.717) is 12.8 Å². The summed E-state index contributed by atoms with van der Waals surface area (Å²) in [5.74, 6) is 0.213. The van der Waals surface area contributed by atoms with Gasteiger partial charge in [-0.1, -0.05) is 37.3 Å². The Morgan fingerprint density at radius 1 is 1.22 bits per heavy atom. The lowest BCUT2D eigenvalue weighted by Crippen LogP contribution is -2.15. The van der Waals surface area contributed by atoms with Crippen LogP contribution in [0.25, 0.3) is 0 Å². The highest BCUT2D eigenvalue weighted by Gasteiger charge is 2.19. The quantitative estimate of drug-likeness (QED) is 0.884. The second-order valence-corrected chi connectivity index (χ2v) is 5.87. The van der Waals surface area contributed by atoms with E-state index in [1.54, 1.807) is 0 Å². The smallest absolute Gasteiger partial charge is 0.228 e. The van der Waals surface area contributed by atoms with Crippen molar-refractivity contribution < 1.29 is 9.59 Å². The number of hydrogen-bond acceptors (Lipinski definition) is 2. The molecular formula is C19H20N2O2. The van der Waals surface area contributed by atoms with Gasteiger partial charge >= 0.3 is 0 Å². The Hall–Kier alpha value is -2.62. The topological polar surface area (TPSA) is 58.2 Å². The van der Waals surface area contributed by atoms with Crippen molar-refractivity contribution in [3.63, 3.8) is 0 Å². The standard InChI is InChI=1S/C19H20N2O2/c1-2-13(14-6-4-3-5-7-14)11-18(22)20-16-8-9-17-15(10-16)12-19(23)21-17/h3-10,13H,2,11-12H2,1H3,(H,20,22)(H,21,23). The Morgan fingerprint density at radius 2 is 2.00 bits per heavy atom. The minimum Gasteiger partial charge on any atom is -0.326 e. The van der Waals surface area contributed by atoms with Crippen molar-refractivity contribution in [1.82, 2.24) is 0 Å². The van der Waals surface area contributed by atoms with Crippen LogP contribution in [0, 0.1) is 0 Å². The molecule has 4 nitrogen and oxygen atoms in total. The van der Waals surface area contributed by atoms with E-state index >= 15 is 0 Å². The van der Waals surface area contributed by atoms with Crippen molar-refractivity contribution in [2.45, 2.75) is 32.1 Å². The van der Waals surface area contributed by atoms with E-state index < -0.39 is 0 Å². The highest BCUT2D eigenvalue weighted by atomic mass is 16.2. The second kappa shape index (κ2) is 6.65. The van der Waals surface area contributed by atoms with Crippen LogP contribution in [0.2, 0.25) is 0 Å². The molecule has 2 N–H and O–H groups in total. The molecule has 1 heterocycles. The Labute approximate surface area is 135 Å². The van der Waals surface area contributed by atoms with Gasteiger partial charge in [0.25, 0.3) is 0 Å². The van der Waals surface area contributed by atoms with Crippen molar-refractivity contribution in [1.29, 1.82) is 0 Å². The Balaban J connectivity index is 1.65. The molecule has 2 aromatic rings. The lowest BCUT2D eigenvalue weighted by molar-refractivity contribution is -0.116. The average Bonchev–Trinajstić information content (AvgIpc) is 2.92. The van der Waals surface area contributed by atoms with Gasteiger partial charge in [0.1, 0.15) is 0 Å². The van der Waals surface area contributed by atoms with Gasteiger partial charge in [0.05, 0.1) is 6.42 Å². The average molecular weight is 308 g/mol. The molecule has 0 bridgehead atoms. The highest BCUT2D eigenvalue weighted by Crippen LogP contribution is 2.27. The summed E-state index contributed by atoms with van der Waals surface area (Å²) in [7, 11) is 0. The van der Waals surface area contributed by atoms with Gasteiger partial charge in [-0.25, -0.2) is 0 Å². The molecule has 4 heteroatoms. The molecule has 1 aliphatic heterocycles.